The maximum absolute atomic E-state index is 12.7. The number of rotatable bonds is 4. The van der Waals surface area contributed by atoms with Gasteiger partial charge < -0.3 is 9.80 Å². The molecule has 3 aliphatic rings. The van der Waals surface area contributed by atoms with Crippen molar-refractivity contribution in [3.05, 3.63) is 35.9 Å². The molecule has 0 spiro atoms. The van der Waals surface area contributed by atoms with Gasteiger partial charge in [0.2, 0.25) is 11.8 Å². The van der Waals surface area contributed by atoms with Gasteiger partial charge in [-0.05, 0) is 37.2 Å². The molecule has 0 bridgehead atoms. The average molecular weight is 385 g/mol. The topological polar surface area (TPSA) is 64.7 Å². The first kappa shape index (κ1) is 19.4. The summed E-state index contributed by atoms with van der Waals surface area (Å²) in [5, 5.41) is 0. The van der Waals surface area contributed by atoms with Crippen LogP contribution < -0.4 is 10.9 Å². The normalized spacial score (nSPS) is 27.1. The number of carbonyl (C=O) groups excluding carboxylic acids is 2. The zero-order chi connectivity index (χ0) is 19.3. The fraction of sp³-hybridized carbons (Fsp3) is 0.636. The third-order valence-corrected chi connectivity index (χ3v) is 6.65. The molecule has 3 aliphatic heterocycles. The van der Waals surface area contributed by atoms with Gasteiger partial charge in [0.15, 0.2) is 0 Å². The van der Waals surface area contributed by atoms with Crippen LogP contribution in [0.1, 0.15) is 50.0 Å². The molecule has 2 N–H and O–H groups in total. The summed E-state index contributed by atoms with van der Waals surface area (Å²) < 4.78 is 0. The molecule has 2 atom stereocenters. The van der Waals surface area contributed by atoms with Crippen LogP contribution in [0, 0.1) is 5.92 Å². The quantitative estimate of drug-likeness (QED) is 0.832. The lowest BCUT2D eigenvalue weighted by molar-refractivity contribution is -0.141. The van der Waals surface area contributed by atoms with E-state index in [0.29, 0.717) is 24.3 Å². The average Bonchev–Trinajstić information content (AvgIpc) is 3.14. The van der Waals surface area contributed by atoms with Crippen LogP contribution in [0.2, 0.25) is 0 Å². The lowest BCUT2D eigenvalue weighted by Gasteiger charge is -2.37. The van der Waals surface area contributed by atoms with Crippen molar-refractivity contribution in [2.75, 3.05) is 32.7 Å². The second-order valence-electron chi connectivity index (χ2n) is 8.41. The van der Waals surface area contributed by atoms with Crippen molar-refractivity contribution in [1.82, 2.24) is 20.7 Å². The lowest BCUT2D eigenvalue weighted by Crippen LogP contribution is -2.48. The van der Waals surface area contributed by atoms with Crippen molar-refractivity contribution in [3.63, 3.8) is 0 Å². The second-order valence-corrected chi connectivity index (χ2v) is 8.41. The van der Waals surface area contributed by atoms with E-state index in [0.717, 1.165) is 58.3 Å². The summed E-state index contributed by atoms with van der Waals surface area (Å²) in [6, 6.07) is 11.1. The minimum Gasteiger partial charge on any atom is -0.341 e. The highest BCUT2D eigenvalue weighted by Crippen LogP contribution is 2.32. The SMILES string of the molecule is O=C(CN1CCCCCC1=O)N1CCC(C2NNCC2c2ccccc2)CC1. The number of benzene rings is 1. The number of piperidine rings is 1. The monoisotopic (exact) mass is 384 g/mol. The zero-order valence-corrected chi connectivity index (χ0v) is 16.6. The van der Waals surface area contributed by atoms with Crippen molar-refractivity contribution in [3.8, 4) is 0 Å². The molecule has 28 heavy (non-hydrogen) atoms. The van der Waals surface area contributed by atoms with E-state index in [-0.39, 0.29) is 18.4 Å². The number of hydrazine groups is 1. The highest BCUT2D eigenvalue weighted by atomic mass is 16.2. The molecule has 2 amide bonds. The second kappa shape index (κ2) is 9.05. The van der Waals surface area contributed by atoms with Gasteiger partial charge in [-0.1, -0.05) is 36.8 Å². The first-order valence-electron chi connectivity index (χ1n) is 10.8. The van der Waals surface area contributed by atoms with Crippen LogP contribution in [-0.2, 0) is 9.59 Å². The summed E-state index contributed by atoms with van der Waals surface area (Å²) >= 11 is 0. The van der Waals surface area contributed by atoms with Gasteiger partial charge in [-0.25, -0.2) is 0 Å². The molecular weight excluding hydrogens is 352 g/mol. The minimum absolute atomic E-state index is 0.116. The Morgan fingerprint density at radius 2 is 1.82 bits per heavy atom. The third kappa shape index (κ3) is 4.39. The molecule has 0 aliphatic carbocycles. The molecule has 6 nitrogen and oxygen atoms in total. The van der Waals surface area contributed by atoms with E-state index < -0.39 is 0 Å². The van der Waals surface area contributed by atoms with E-state index >= 15 is 0 Å². The standard InChI is InChI=1S/C22H32N4O2/c27-20-9-5-2-6-12-26(20)16-21(28)25-13-10-18(11-14-25)22-19(15-23-24-22)17-7-3-1-4-8-17/h1,3-4,7-8,18-19,22-24H,2,5-6,9-16H2. The highest BCUT2D eigenvalue weighted by Gasteiger charge is 2.37. The summed E-state index contributed by atoms with van der Waals surface area (Å²) in [6.07, 6.45) is 5.69. The molecule has 0 aromatic heterocycles. The number of amides is 2. The fourth-order valence-corrected chi connectivity index (χ4v) is 4.96. The van der Waals surface area contributed by atoms with Crippen LogP contribution in [0.4, 0.5) is 0 Å². The first-order chi connectivity index (χ1) is 13.7. The van der Waals surface area contributed by atoms with E-state index in [2.05, 4.69) is 41.2 Å². The van der Waals surface area contributed by atoms with Gasteiger partial charge in [-0.3, -0.25) is 20.4 Å². The van der Waals surface area contributed by atoms with E-state index in [1.165, 1.54) is 5.56 Å². The molecule has 4 rings (SSSR count). The molecule has 0 saturated carbocycles. The third-order valence-electron chi connectivity index (χ3n) is 6.65. The molecule has 152 valence electrons. The Kier molecular flexibility index (Phi) is 6.27. The van der Waals surface area contributed by atoms with Crippen molar-refractivity contribution < 1.29 is 9.59 Å². The van der Waals surface area contributed by atoms with Gasteiger partial charge >= 0.3 is 0 Å². The number of nitrogens with one attached hydrogen (secondary N) is 2. The Bertz CT molecular complexity index is 672. The van der Waals surface area contributed by atoms with Gasteiger partial charge in [-0.2, -0.15) is 0 Å². The molecule has 6 heteroatoms. The van der Waals surface area contributed by atoms with Gasteiger partial charge in [0, 0.05) is 44.6 Å². The Hall–Kier alpha value is -1.92. The molecule has 2 unspecified atom stereocenters. The van der Waals surface area contributed by atoms with Crippen LogP contribution in [0.3, 0.4) is 0 Å². The van der Waals surface area contributed by atoms with Crippen LogP contribution in [0.25, 0.3) is 0 Å². The Balaban J connectivity index is 1.30. The molecule has 3 heterocycles. The fourth-order valence-electron chi connectivity index (χ4n) is 4.96. The Morgan fingerprint density at radius 3 is 2.61 bits per heavy atom. The van der Waals surface area contributed by atoms with E-state index in [4.69, 9.17) is 0 Å². The number of hydrogen-bond donors (Lipinski definition) is 2. The maximum Gasteiger partial charge on any atom is 0.242 e. The van der Waals surface area contributed by atoms with Crippen molar-refractivity contribution in [1.29, 1.82) is 0 Å². The first-order valence-corrected chi connectivity index (χ1v) is 10.8. The van der Waals surface area contributed by atoms with Crippen LogP contribution in [0.15, 0.2) is 30.3 Å². The lowest BCUT2D eigenvalue weighted by atomic mass is 9.80. The predicted octanol–water partition coefficient (Wildman–Crippen LogP) is 1.89. The molecule has 3 fully saturated rings. The van der Waals surface area contributed by atoms with Gasteiger partial charge in [0.05, 0.1) is 6.54 Å². The summed E-state index contributed by atoms with van der Waals surface area (Å²) in [5.74, 6) is 1.30. The summed E-state index contributed by atoms with van der Waals surface area (Å²) in [6.45, 7) is 3.54. The molecule has 1 aromatic carbocycles. The number of likely N-dealkylation sites (tertiary alicyclic amines) is 2. The molecular formula is C22H32N4O2. The summed E-state index contributed by atoms with van der Waals surface area (Å²) in [7, 11) is 0. The maximum atomic E-state index is 12.7. The van der Waals surface area contributed by atoms with Crippen LogP contribution >= 0.6 is 0 Å². The van der Waals surface area contributed by atoms with Gasteiger partial charge in [0.1, 0.15) is 0 Å². The van der Waals surface area contributed by atoms with Crippen molar-refractivity contribution in [2.24, 2.45) is 5.92 Å². The van der Waals surface area contributed by atoms with Crippen LogP contribution in [-0.4, -0.2) is 60.4 Å². The number of carbonyl (C=O) groups is 2. The van der Waals surface area contributed by atoms with Gasteiger partial charge in [-0.15, -0.1) is 0 Å². The Labute approximate surface area is 167 Å². The van der Waals surface area contributed by atoms with E-state index in [9.17, 15) is 9.59 Å². The van der Waals surface area contributed by atoms with E-state index in [1.807, 2.05) is 4.90 Å². The smallest absolute Gasteiger partial charge is 0.242 e. The molecule has 1 aromatic rings. The minimum atomic E-state index is 0.116. The molecule has 0 radical (unpaired) electrons. The van der Waals surface area contributed by atoms with Gasteiger partial charge in [0.25, 0.3) is 0 Å². The molecule has 3 saturated heterocycles. The summed E-state index contributed by atoms with van der Waals surface area (Å²) in [4.78, 5) is 28.7. The predicted molar refractivity (Wildman–Crippen MR) is 108 cm³/mol. The van der Waals surface area contributed by atoms with Crippen LogP contribution in [0.5, 0.6) is 0 Å². The van der Waals surface area contributed by atoms with Crippen molar-refractivity contribution >= 4 is 11.8 Å². The summed E-state index contributed by atoms with van der Waals surface area (Å²) in [5.41, 5.74) is 8.21. The Morgan fingerprint density at radius 1 is 1.04 bits per heavy atom. The van der Waals surface area contributed by atoms with E-state index in [1.54, 1.807) is 4.90 Å². The number of hydrogen-bond acceptors (Lipinski definition) is 4. The number of nitrogens with zero attached hydrogens (tertiary/aromatic N) is 2. The zero-order valence-electron chi connectivity index (χ0n) is 16.6. The highest BCUT2D eigenvalue weighted by molar-refractivity contribution is 5.85. The van der Waals surface area contributed by atoms with Crippen molar-refractivity contribution in [2.45, 2.75) is 50.5 Å². The largest absolute Gasteiger partial charge is 0.341 e.